The molecular weight excluding hydrogens is 182 g/mol. The molecule has 0 aliphatic heterocycles. The number of hydrogen-bond acceptors (Lipinski definition) is 1. The van der Waals surface area contributed by atoms with E-state index in [1.807, 2.05) is 0 Å². The summed E-state index contributed by atoms with van der Waals surface area (Å²) in [5, 5.41) is 0. The fourth-order valence-electron chi connectivity index (χ4n) is 1.75. The van der Waals surface area contributed by atoms with Crippen molar-refractivity contribution in [2.45, 2.75) is 33.1 Å². The van der Waals surface area contributed by atoms with E-state index in [1.54, 1.807) is 0 Å². The molecule has 0 aromatic heterocycles. The largest absolute Gasteiger partial charge is 0.330 e. The second-order valence-corrected chi connectivity index (χ2v) is 3.90. The van der Waals surface area contributed by atoms with Crippen molar-refractivity contribution in [2.24, 2.45) is 5.73 Å². The number of rotatable bonds is 5. The van der Waals surface area contributed by atoms with Gasteiger partial charge in [0.25, 0.3) is 0 Å². The van der Waals surface area contributed by atoms with Gasteiger partial charge in [0.2, 0.25) is 0 Å². The molecule has 0 aliphatic carbocycles. The summed E-state index contributed by atoms with van der Waals surface area (Å²) in [6, 6.07) is 8.69. The van der Waals surface area contributed by atoms with Crippen LogP contribution in [0.15, 0.2) is 30.3 Å². The number of nitrogens with two attached hydrogens (primary N) is 1. The molecule has 0 atom stereocenters. The summed E-state index contributed by atoms with van der Waals surface area (Å²) in [6.07, 6.45) is 5.56. The lowest BCUT2D eigenvalue weighted by molar-refractivity contribution is 0.863. The lowest BCUT2D eigenvalue weighted by atomic mass is 9.98. The van der Waals surface area contributed by atoms with Gasteiger partial charge in [-0.3, -0.25) is 0 Å². The van der Waals surface area contributed by atoms with Crippen molar-refractivity contribution < 1.29 is 0 Å². The molecule has 1 rings (SSSR count). The maximum atomic E-state index is 5.55. The van der Waals surface area contributed by atoms with Gasteiger partial charge in [0.05, 0.1) is 0 Å². The van der Waals surface area contributed by atoms with E-state index in [0.29, 0.717) is 0 Å². The van der Waals surface area contributed by atoms with Crippen LogP contribution in [0.5, 0.6) is 0 Å². The molecule has 0 fully saturated rings. The summed E-state index contributed by atoms with van der Waals surface area (Å²) in [5.41, 5.74) is 9.66. The van der Waals surface area contributed by atoms with Gasteiger partial charge in [0.1, 0.15) is 0 Å². The van der Waals surface area contributed by atoms with E-state index in [9.17, 15) is 0 Å². The Hall–Kier alpha value is -1.08. The SMILES string of the molecule is CC/C=C(\CCCN)c1cccc(C)c1. The molecule has 1 nitrogen and oxygen atoms in total. The summed E-state index contributed by atoms with van der Waals surface area (Å²) in [4.78, 5) is 0. The van der Waals surface area contributed by atoms with Crippen molar-refractivity contribution in [3.63, 3.8) is 0 Å². The highest BCUT2D eigenvalue weighted by Crippen LogP contribution is 2.21. The molecule has 0 spiro atoms. The molecule has 2 N–H and O–H groups in total. The maximum absolute atomic E-state index is 5.55. The second-order valence-electron chi connectivity index (χ2n) is 3.90. The minimum atomic E-state index is 0.771. The number of allylic oxidation sites excluding steroid dienone is 2. The first kappa shape index (κ1) is 12.0. The van der Waals surface area contributed by atoms with Gasteiger partial charge in [0.15, 0.2) is 0 Å². The molecule has 1 aromatic rings. The average Bonchev–Trinajstić information content (AvgIpc) is 2.24. The molecule has 0 saturated carbocycles. The number of aryl methyl sites for hydroxylation is 1. The Morgan fingerprint density at radius 2 is 2.20 bits per heavy atom. The van der Waals surface area contributed by atoms with Gasteiger partial charge in [-0.2, -0.15) is 0 Å². The minimum Gasteiger partial charge on any atom is -0.330 e. The van der Waals surface area contributed by atoms with Crippen LogP contribution in [-0.4, -0.2) is 6.54 Å². The van der Waals surface area contributed by atoms with E-state index < -0.39 is 0 Å². The normalized spacial score (nSPS) is 11.8. The Morgan fingerprint density at radius 3 is 2.80 bits per heavy atom. The van der Waals surface area contributed by atoms with Crippen LogP contribution in [0.25, 0.3) is 5.57 Å². The molecule has 82 valence electrons. The number of benzene rings is 1. The quantitative estimate of drug-likeness (QED) is 0.778. The Morgan fingerprint density at radius 1 is 1.40 bits per heavy atom. The van der Waals surface area contributed by atoms with Crippen molar-refractivity contribution in [3.8, 4) is 0 Å². The smallest absolute Gasteiger partial charge is 0.00741 e. The first-order valence-corrected chi connectivity index (χ1v) is 5.74. The zero-order valence-corrected chi connectivity index (χ0v) is 9.79. The highest BCUT2D eigenvalue weighted by molar-refractivity contribution is 5.65. The average molecular weight is 203 g/mol. The van der Waals surface area contributed by atoms with Gasteiger partial charge in [0, 0.05) is 0 Å². The molecule has 0 bridgehead atoms. The zero-order valence-electron chi connectivity index (χ0n) is 9.79. The van der Waals surface area contributed by atoms with Crippen molar-refractivity contribution in [1.29, 1.82) is 0 Å². The molecule has 0 unspecified atom stereocenters. The first-order valence-electron chi connectivity index (χ1n) is 5.74. The van der Waals surface area contributed by atoms with Gasteiger partial charge < -0.3 is 5.73 Å². The predicted molar refractivity (Wildman–Crippen MR) is 67.7 cm³/mol. The van der Waals surface area contributed by atoms with Crippen LogP contribution in [0.3, 0.4) is 0 Å². The van der Waals surface area contributed by atoms with Gasteiger partial charge in [-0.05, 0) is 43.9 Å². The van der Waals surface area contributed by atoms with E-state index in [2.05, 4.69) is 44.2 Å². The van der Waals surface area contributed by atoms with Gasteiger partial charge in [-0.15, -0.1) is 0 Å². The van der Waals surface area contributed by atoms with Crippen LogP contribution in [0, 0.1) is 6.92 Å². The maximum Gasteiger partial charge on any atom is -0.00741 e. The highest BCUT2D eigenvalue weighted by atomic mass is 14.5. The summed E-state index contributed by atoms with van der Waals surface area (Å²) < 4.78 is 0. The van der Waals surface area contributed by atoms with Crippen LogP contribution >= 0.6 is 0 Å². The molecular formula is C14H21N. The van der Waals surface area contributed by atoms with Crippen LogP contribution in [0.4, 0.5) is 0 Å². The van der Waals surface area contributed by atoms with E-state index in [4.69, 9.17) is 5.73 Å². The van der Waals surface area contributed by atoms with E-state index in [0.717, 1.165) is 25.8 Å². The fourth-order valence-corrected chi connectivity index (χ4v) is 1.75. The Balaban J connectivity index is 2.84. The highest BCUT2D eigenvalue weighted by Gasteiger charge is 2.00. The summed E-state index contributed by atoms with van der Waals surface area (Å²) in [6.45, 7) is 5.08. The molecule has 1 heteroatoms. The third-order valence-electron chi connectivity index (χ3n) is 2.49. The Kier molecular flexibility index (Phi) is 5.13. The summed E-state index contributed by atoms with van der Waals surface area (Å²) in [5.74, 6) is 0. The van der Waals surface area contributed by atoms with Crippen LogP contribution in [0.1, 0.15) is 37.3 Å². The molecule has 0 amide bonds. The fraction of sp³-hybridized carbons (Fsp3) is 0.429. The first-order chi connectivity index (χ1) is 7.27. The predicted octanol–water partition coefficient (Wildman–Crippen LogP) is 3.53. The minimum absolute atomic E-state index is 0.771. The van der Waals surface area contributed by atoms with Gasteiger partial charge in [-0.25, -0.2) is 0 Å². The Bertz CT molecular complexity index is 326. The lowest BCUT2D eigenvalue weighted by Crippen LogP contribution is -1.99. The molecule has 0 heterocycles. The second kappa shape index (κ2) is 6.41. The lowest BCUT2D eigenvalue weighted by Gasteiger charge is -2.08. The summed E-state index contributed by atoms with van der Waals surface area (Å²) in [7, 11) is 0. The topological polar surface area (TPSA) is 26.0 Å². The standard InChI is InChI=1S/C14H21N/c1-3-6-13(9-5-10-15)14-8-4-7-12(2)11-14/h4,6-8,11H,3,5,9-10,15H2,1-2H3/b13-6+. The van der Waals surface area contributed by atoms with Crippen molar-refractivity contribution in [1.82, 2.24) is 0 Å². The Labute approximate surface area is 93.0 Å². The third kappa shape index (κ3) is 3.88. The third-order valence-corrected chi connectivity index (χ3v) is 2.49. The molecule has 15 heavy (non-hydrogen) atoms. The van der Waals surface area contributed by atoms with E-state index in [1.165, 1.54) is 16.7 Å². The van der Waals surface area contributed by atoms with Gasteiger partial charge >= 0.3 is 0 Å². The van der Waals surface area contributed by atoms with E-state index >= 15 is 0 Å². The van der Waals surface area contributed by atoms with Crippen LogP contribution in [0.2, 0.25) is 0 Å². The van der Waals surface area contributed by atoms with Crippen LogP contribution < -0.4 is 5.73 Å². The molecule has 0 aliphatic rings. The zero-order chi connectivity index (χ0) is 11.1. The van der Waals surface area contributed by atoms with Crippen molar-refractivity contribution >= 4 is 5.57 Å². The number of hydrogen-bond donors (Lipinski definition) is 1. The van der Waals surface area contributed by atoms with E-state index in [-0.39, 0.29) is 0 Å². The summed E-state index contributed by atoms with van der Waals surface area (Å²) >= 11 is 0. The molecule has 0 radical (unpaired) electrons. The van der Waals surface area contributed by atoms with Crippen molar-refractivity contribution in [3.05, 3.63) is 41.5 Å². The monoisotopic (exact) mass is 203 g/mol. The van der Waals surface area contributed by atoms with Gasteiger partial charge in [-0.1, -0.05) is 42.8 Å². The molecule has 1 aromatic carbocycles. The van der Waals surface area contributed by atoms with Crippen molar-refractivity contribution in [2.75, 3.05) is 6.54 Å². The van der Waals surface area contributed by atoms with Crippen LogP contribution in [-0.2, 0) is 0 Å². The molecule has 0 saturated heterocycles.